The maximum atomic E-state index is 12.8. The lowest BCUT2D eigenvalue weighted by Gasteiger charge is -2.09. The Morgan fingerprint density at radius 2 is 1.69 bits per heavy atom. The average Bonchev–Trinajstić information content (AvgIpc) is 2.64. The predicted molar refractivity (Wildman–Crippen MR) is 97.7 cm³/mol. The number of nitrogens with one attached hydrogen (secondary N) is 2. The van der Waals surface area contributed by atoms with Gasteiger partial charge < -0.3 is 15.4 Å². The number of carbonyl (C=O) groups is 2. The van der Waals surface area contributed by atoms with Crippen LogP contribution < -0.4 is 15.4 Å². The highest BCUT2D eigenvalue weighted by Gasteiger charge is 2.06. The second-order valence-electron chi connectivity index (χ2n) is 5.83. The number of carbonyl (C=O) groups excluding carboxylic acids is 2. The molecule has 0 saturated carbocycles. The van der Waals surface area contributed by atoms with Crippen LogP contribution in [0.4, 0.5) is 4.39 Å². The molecule has 2 aromatic carbocycles. The number of aryl methyl sites for hydroxylation is 1. The number of para-hydroxylation sites is 1. The van der Waals surface area contributed by atoms with E-state index in [0.717, 1.165) is 11.3 Å². The molecule has 2 N–H and O–H groups in total. The number of benzene rings is 2. The summed E-state index contributed by atoms with van der Waals surface area (Å²) in [7, 11) is 0. The molecule has 6 heteroatoms. The number of hydrogen-bond donors (Lipinski definition) is 2. The lowest BCUT2D eigenvalue weighted by molar-refractivity contribution is -0.121. The van der Waals surface area contributed by atoms with Gasteiger partial charge in [-0.15, -0.1) is 0 Å². The summed E-state index contributed by atoms with van der Waals surface area (Å²) in [6.45, 7) is 3.09. The Balaban J connectivity index is 1.55. The molecule has 26 heavy (non-hydrogen) atoms. The van der Waals surface area contributed by atoms with Gasteiger partial charge >= 0.3 is 0 Å². The second kappa shape index (κ2) is 10.2. The summed E-state index contributed by atoms with van der Waals surface area (Å²) < 4.78 is 18.4. The minimum atomic E-state index is -0.389. The van der Waals surface area contributed by atoms with Gasteiger partial charge in [0, 0.05) is 25.1 Å². The lowest BCUT2D eigenvalue weighted by Crippen LogP contribution is -2.34. The van der Waals surface area contributed by atoms with E-state index in [0.29, 0.717) is 38.1 Å². The van der Waals surface area contributed by atoms with Crippen LogP contribution in [0.5, 0.6) is 5.75 Å². The fourth-order valence-corrected chi connectivity index (χ4v) is 2.30. The Morgan fingerprint density at radius 1 is 1.00 bits per heavy atom. The van der Waals surface area contributed by atoms with Gasteiger partial charge in [-0.3, -0.25) is 9.59 Å². The first kappa shape index (κ1) is 19.4. The van der Waals surface area contributed by atoms with Crippen molar-refractivity contribution < 1.29 is 18.7 Å². The second-order valence-corrected chi connectivity index (χ2v) is 5.83. The Hall–Kier alpha value is -2.89. The van der Waals surface area contributed by atoms with Crippen LogP contribution >= 0.6 is 0 Å². The monoisotopic (exact) mass is 358 g/mol. The third-order valence-electron chi connectivity index (χ3n) is 3.74. The van der Waals surface area contributed by atoms with Crippen molar-refractivity contribution in [3.63, 3.8) is 0 Å². The summed E-state index contributed by atoms with van der Waals surface area (Å²) in [5.41, 5.74) is 1.44. The molecule has 0 aliphatic heterocycles. The van der Waals surface area contributed by atoms with E-state index >= 15 is 0 Å². The molecule has 2 aromatic rings. The number of hydrogen-bond acceptors (Lipinski definition) is 3. The highest BCUT2D eigenvalue weighted by molar-refractivity contribution is 5.94. The molecule has 0 spiro atoms. The molecule has 5 nitrogen and oxygen atoms in total. The Labute approximate surface area is 152 Å². The zero-order valence-electron chi connectivity index (χ0n) is 14.8. The molecule has 0 aromatic heterocycles. The zero-order chi connectivity index (χ0) is 18.8. The number of halogens is 1. The lowest BCUT2D eigenvalue weighted by atomic mass is 10.2. The number of amides is 2. The van der Waals surface area contributed by atoms with E-state index in [4.69, 9.17) is 4.74 Å². The minimum Gasteiger partial charge on any atom is -0.493 e. The van der Waals surface area contributed by atoms with Crippen molar-refractivity contribution in [2.24, 2.45) is 0 Å². The Bertz CT molecular complexity index is 732. The molecule has 2 rings (SSSR count). The number of ether oxygens (including phenoxy) is 1. The SMILES string of the molecule is Cc1ccccc1OCCCC(=O)NCCNC(=O)c1ccc(F)cc1. The molecule has 0 unspecified atom stereocenters. The molecule has 2 amide bonds. The molecule has 0 radical (unpaired) electrons. The van der Waals surface area contributed by atoms with Crippen LogP contribution in [0.3, 0.4) is 0 Å². The highest BCUT2D eigenvalue weighted by atomic mass is 19.1. The van der Waals surface area contributed by atoms with Crippen molar-refractivity contribution in [1.29, 1.82) is 0 Å². The standard InChI is InChI=1S/C20H23FN2O3/c1-15-5-2-3-6-18(15)26-14-4-7-19(24)22-12-13-23-20(25)16-8-10-17(21)11-9-16/h2-3,5-6,8-11H,4,7,12-14H2,1H3,(H,22,24)(H,23,25). The van der Waals surface area contributed by atoms with E-state index in [1.807, 2.05) is 31.2 Å². The molecular formula is C20H23FN2O3. The minimum absolute atomic E-state index is 0.0885. The van der Waals surface area contributed by atoms with Gasteiger partial charge in [0.05, 0.1) is 6.61 Å². The van der Waals surface area contributed by atoms with Gasteiger partial charge in [0.1, 0.15) is 11.6 Å². The topological polar surface area (TPSA) is 67.4 Å². The molecule has 0 atom stereocenters. The first-order valence-corrected chi connectivity index (χ1v) is 8.55. The van der Waals surface area contributed by atoms with Crippen molar-refractivity contribution in [2.75, 3.05) is 19.7 Å². The van der Waals surface area contributed by atoms with E-state index < -0.39 is 0 Å². The molecule has 0 fully saturated rings. The van der Waals surface area contributed by atoms with Gasteiger partial charge in [0.2, 0.25) is 5.91 Å². The van der Waals surface area contributed by atoms with Crippen molar-refractivity contribution in [3.05, 3.63) is 65.5 Å². The quantitative estimate of drug-likeness (QED) is 0.678. The summed E-state index contributed by atoms with van der Waals surface area (Å²) in [6.07, 6.45) is 0.972. The van der Waals surface area contributed by atoms with Gasteiger partial charge in [-0.25, -0.2) is 4.39 Å². The smallest absolute Gasteiger partial charge is 0.251 e. The Kier molecular flexibility index (Phi) is 7.61. The number of rotatable bonds is 9. The van der Waals surface area contributed by atoms with E-state index in [-0.39, 0.29) is 17.6 Å². The van der Waals surface area contributed by atoms with Crippen molar-refractivity contribution in [1.82, 2.24) is 10.6 Å². The third kappa shape index (κ3) is 6.55. The van der Waals surface area contributed by atoms with Gasteiger partial charge in [0.25, 0.3) is 5.91 Å². The molecule has 0 aliphatic rings. The fourth-order valence-electron chi connectivity index (χ4n) is 2.30. The van der Waals surface area contributed by atoms with E-state index in [1.165, 1.54) is 24.3 Å². The van der Waals surface area contributed by atoms with Crippen LogP contribution in [-0.2, 0) is 4.79 Å². The predicted octanol–water partition coefficient (Wildman–Crippen LogP) is 2.84. The van der Waals surface area contributed by atoms with Crippen molar-refractivity contribution in [2.45, 2.75) is 19.8 Å². The molecule has 0 heterocycles. The Morgan fingerprint density at radius 3 is 2.42 bits per heavy atom. The van der Waals surface area contributed by atoms with Gasteiger partial charge in [0.15, 0.2) is 0 Å². The summed E-state index contributed by atoms with van der Waals surface area (Å²) in [5.74, 6) is 0.0527. The van der Waals surface area contributed by atoms with Gasteiger partial charge in [-0.2, -0.15) is 0 Å². The normalized spacial score (nSPS) is 10.2. The van der Waals surface area contributed by atoms with E-state index in [2.05, 4.69) is 10.6 Å². The fraction of sp³-hybridized carbons (Fsp3) is 0.300. The van der Waals surface area contributed by atoms with Crippen LogP contribution in [-0.4, -0.2) is 31.5 Å². The van der Waals surface area contributed by atoms with Crippen molar-refractivity contribution >= 4 is 11.8 Å². The highest BCUT2D eigenvalue weighted by Crippen LogP contribution is 2.16. The summed E-state index contributed by atoms with van der Waals surface area (Å²) in [5, 5.41) is 5.41. The zero-order valence-corrected chi connectivity index (χ0v) is 14.8. The van der Waals surface area contributed by atoms with Crippen LogP contribution in [0, 0.1) is 12.7 Å². The maximum Gasteiger partial charge on any atom is 0.251 e. The van der Waals surface area contributed by atoms with Crippen molar-refractivity contribution in [3.8, 4) is 5.75 Å². The molecule has 138 valence electrons. The van der Waals surface area contributed by atoms with Gasteiger partial charge in [-0.1, -0.05) is 18.2 Å². The summed E-state index contributed by atoms with van der Waals surface area (Å²) in [4.78, 5) is 23.6. The maximum absolute atomic E-state index is 12.8. The molecule has 0 aliphatic carbocycles. The summed E-state index contributed by atoms with van der Waals surface area (Å²) >= 11 is 0. The molecule has 0 bridgehead atoms. The van der Waals surface area contributed by atoms with E-state index in [1.54, 1.807) is 0 Å². The van der Waals surface area contributed by atoms with E-state index in [9.17, 15) is 14.0 Å². The van der Waals surface area contributed by atoms with Crippen LogP contribution in [0.1, 0.15) is 28.8 Å². The molecular weight excluding hydrogens is 335 g/mol. The van der Waals surface area contributed by atoms with Crippen LogP contribution in [0.2, 0.25) is 0 Å². The first-order chi connectivity index (χ1) is 12.6. The average molecular weight is 358 g/mol. The van der Waals surface area contributed by atoms with Crippen LogP contribution in [0.15, 0.2) is 48.5 Å². The van der Waals surface area contributed by atoms with Crippen LogP contribution in [0.25, 0.3) is 0 Å². The summed E-state index contributed by atoms with van der Waals surface area (Å²) in [6, 6.07) is 13.0. The van der Waals surface area contributed by atoms with Gasteiger partial charge in [-0.05, 0) is 49.2 Å². The largest absolute Gasteiger partial charge is 0.493 e. The third-order valence-corrected chi connectivity index (χ3v) is 3.74. The first-order valence-electron chi connectivity index (χ1n) is 8.55. The molecule has 0 saturated heterocycles.